The molecule has 0 radical (unpaired) electrons. The molecule has 1 N–H and O–H groups in total. The summed E-state index contributed by atoms with van der Waals surface area (Å²) in [6.07, 6.45) is 3.27. The maximum atomic E-state index is 14.1. The first-order chi connectivity index (χ1) is 14.3. The van der Waals surface area contributed by atoms with E-state index in [1.54, 1.807) is 29.8 Å². The first kappa shape index (κ1) is 21.8. The molecule has 0 bridgehead atoms. The molecule has 0 saturated heterocycles. The lowest BCUT2D eigenvalue weighted by molar-refractivity contribution is -0.111. The highest BCUT2D eigenvalue weighted by molar-refractivity contribution is 6.31. The van der Waals surface area contributed by atoms with E-state index < -0.39 is 0 Å². The monoisotopic (exact) mass is 425 g/mol. The molecule has 1 heterocycles. The number of aromatic nitrogens is 2. The number of hydrogen-bond acceptors (Lipinski definition) is 2. The van der Waals surface area contributed by atoms with Crippen molar-refractivity contribution in [1.29, 1.82) is 0 Å². The van der Waals surface area contributed by atoms with Gasteiger partial charge in [-0.05, 0) is 49.1 Å². The molecule has 2 aromatic carbocycles. The summed E-state index contributed by atoms with van der Waals surface area (Å²) in [5.74, 6) is -0.169. The Balaban J connectivity index is 1.73. The third-order valence-corrected chi connectivity index (χ3v) is 5.38. The minimum atomic E-state index is -0.382. The number of rotatable bonds is 6. The van der Waals surface area contributed by atoms with Gasteiger partial charge in [-0.3, -0.25) is 9.48 Å². The molecule has 0 unspecified atom stereocenters. The van der Waals surface area contributed by atoms with Crippen molar-refractivity contribution in [2.75, 3.05) is 5.32 Å². The van der Waals surface area contributed by atoms with Crippen molar-refractivity contribution in [3.63, 3.8) is 0 Å². The number of nitrogens with zero attached hydrogens (tertiary/aromatic N) is 2. The van der Waals surface area contributed by atoms with Crippen LogP contribution in [0.5, 0.6) is 0 Å². The number of anilines is 1. The van der Waals surface area contributed by atoms with Gasteiger partial charge in [0.05, 0.1) is 23.6 Å². The predicted molar refractivity (Wildman–Crippen MR) is 120 cm³/mol. The normalized spacial score (nSPS) is 11.4. The van der Waals surface area contributed by atoms with Gasteiger partial charge in [-0.1, -0.05) is 55.8 Å². The van der Waals surface area contributed by atoms with Crippen LogP contribution in [0.2, 0.25) is 5.02 Å². The van der Waals surface area contributed by atoms with Crippen LogP contribution in [-0.2, 0) is 11.3 Å². The number of amides is 1. The summed E-state index contributed by atoms with van der Waals surface area (Å²) >= 11 is 6.13. The summed E-state index contributed by atoms with van der Waals surface area (Å²) in [5, 5.41) is 7.66. The number of nitrogens with one attached hydrogen (secondary N) is 1. The minimum absolute atomic E-state index is 0.187. The molecule has 6 heteroatoms. The molecule has 0 saturated carbocycles. The molecular formula is C24H25ClFN3O. The van der Waals surface area contributed by atoms with E-state index in [0.717, 1.165) is 11.3 Å². The standard InChI is InChI=1S/C24H25ClFN3O/c1-15(2)19-11-8-18(9-12-19)10-13-23(30)27-24-16(3)28-29(17(24)4)14-20-21(25)6-5-7-22(20)26/h5-13,15H,14H2,1-4H3,(H,27,30)/b13-10+. The van der Waals surface area contributed by atoms with E-state index in [2.05, 4.69) is 36.4 Å². The molecule has 156 valence electrons. The Morgan fingerprint density at radius 3 is 2.53 bits per heavy atom. The summed E-state index contributed by atoms with van der Waals surface area (Å²) in [7, 11) is 0. The molecule has 4 nitrogen and oxygen atoms in total. The third kappa shape index (κ3) is 4.97. The van der Waals surface area contributed by atoms with Gasteiger partial charge in [0.15, 0.2) is 0 Å². The second-order valence-corrected chi connectivity index (χ2v) is 7.95. The van der Waals surface area contributed by atoms with E-state index in [4.69, 9.17) is 11.6 Å². The summed E-state index contributed by atoms with van der Waals surface area (Å²) < 4.78 is 15.8. The number of aryl methyl sites for hydroxylation is 1. The molecule has 0 fully saturated rings. The Labute approximate surface area is 181 Å². The van der Waals surface area contributed by atoms with Crippen LogP contribution < -0.4 is 5.32 Å². The van der Waals surface area contributed by atoms with E-state index in [1.165, 1.54) is 17.7 Å². The average molecular weight is 426 g/mol. The lowest BCUT2D eigenvalue weighted by atomic mass is 10.0. The van der Waals surface area contributed by atoms with Gasteiger partial charge >= 0.3 is 0 Å². The first-order valence-electron chi connectivity index (χ1n) is 9.82. The molecule has 0 aliphatic carbocycles. The SMILES string of the molecule is Cc1nn(Cc2c(F)cccc2Cl)c(C)c1NC(=O)/C=C/c1ccc(C(C)C)cc1. The van der Waals surface area contributed by atoms with Crippen molar-refractivity contribution in [1.82, 2.24) is 9.78 Å². The Morgan fingerprint density at radius 1 is 1.20 bits per heavy atom. The number of halogens is 2. The number of carbonyl (C=O) groups excluding carboxylic acids is 1. The fourth-order valence-electron chi connectivity index (χ4n) is 3.19. The van der Waals surface area contributed by atoms with Crippen molar-refractivity contribution in [3.05, 3.63) is 87.5 Å². The summed E-state index contributed by atoms with van der Waals surface area (Å²) in [5.41, 5.74) is 4.58. The smallest absolute Gasteiger partial charge is 0.248 e. The van der Waals surface area contributed by atoms with Crippen LogP contribution in [0.1, 0.15) is 47.8 Å². The zero-order valence-electron chi connectivity index (χ0n) is 17.5. The van der Waals surface area contributed by atoms with Crippen LogP contribution in [0.15, 0.2) is 48.5 Å². The van der Waals surface area contributed by atoms with Gasteiger partial charge in [0.2, 0.25) is 5.91 Å². The van der Waals surface area contributed by atoms with Gasteiger partial charge in [-0.2, -0.15) is 5.10 Å². The van der Waals surface area contributed by atoms with E-state index in [9.17, 15) is 9.18 Å². The van der Waals surface area contributed by atoms with Crippen LogP contribution in [0.25, 0.3) is 6.08 Å². The predicted octanol–water partition coefficient (Wildman–Crippen LogP) is 6.12. The minimum Gasteiger partial charge on any atom is -0.319 e. The maximum absolute atomic E-state index is 14.1. The van der Waals surface area contributed by atoms with Crippen LogP contribution in [-0.4, -0.2) is 15.7 Å². The van der Waals surface area contributed by atoms with E-state index in [1.807, 2.05) is 19.1 Å². The van der Waals surface area contributed by atoms with Gasteiger partial charge in [0.1, 0.15) is 5.82 Å². The van der Waals surface area contributed by atoms with Crippen LogP contribution >= 0.6 is 11.6 Å². The second-order valence-electron chi connectivity index (χ2n) is 7.55. The van der Waals surface area contributed by atoms with Crippen molar-refractivity contribution in [2.45, 2.75) is 40.2 Å². The van der Waals surface area contributed by atoms with Gasteiger partial charge in [-0.15, -0.1) is 0 Å². The molecule has 3 rings (SSSR count). The highest BCUT2D eigenvalue weighted by Crippen LogP contribution is 2.24. The van der Waals surface area contributed by atoms with Gasteiger partial charge in [0, 0.05) is 16.7 Å². The molecular weight excluding hydrogens is 401 g/mol. The van der Waals surface area contributed by atoms with E-state index >= 15 is 0 Å². The molecule has 0 aliphatic rings. The Morgan fingerprint density at radius 2 is 1.90 bits per heavy atom. The first-order valence-corrected chi connectivity index (χ1v) is 10.2. The summed E-state index contributed by atoms with van der Waals surface area (Å²) in [4.78, 5) is 12.4. The number of benzene rings is 2. The number of carbonyl (C=O) groups is 1. The average Bonchev–Trinajstić information content (AvgIpc) is 2.97. The van der Waals surface area contributed by atoms with Crippen molar-refractivity contribution < 1.29 is 9.18 Å². The van der Waals surface area contributed by atoms with Crippen LogP contribution in [0.3, 0.4) is 0 Å². The lowest BCUT2D eigenvalue weighted by Crippen LogP contribution is -2.10. The van der Waals surface area contributed by atoms with E-state index in [0.29, 0.717) is 27.9 Å². The molecule has 3 aromatic rings. The molecule has 1 aromatic heterocycles. The summed E-state index contributed by atoms with van der Waals surface area (Å²) in [6.45, 7) is 8.10. The third-order valence-electron chi connectivity index (χ3n) is 5.03. The van der Waals surface area contributed by atoms with Gasteiger partial charge in [0.25, 0.3) is 0 Å². The second kappa shape index (κ2) is 9.26. The Hall–Kier alpha value is -2.92. The molecule has 0 spiro atoms. The van der Waals surface area contributed by atoms with Gasteiger partial charge in [-0.25, -0.2) is 4.39 Å². The fraction of sp³-hybridized carbons (Fsp3) is 0.250. The Kier molecular flexibility index (Phi) is 6.73. The number of hydrogen-bond donors (Lipinski definition) is 1. The van der Waals surface area contributed by atoms with Crippen LogP contribution in [0, 0.1) is 19.7 Å². The lowest BCUT2D eigenvalue weighted by Gasteiger charge is -2.08. The van der Waals surface area contributed by atoms with Crippen molar-refractivity contribution >= 4 is 29.3 Å². The quantitative estimate of drug-likeness (QED) is 0.484. The highest BCUT2D eigenvalue weighted by atomic mass is 35.5. The highest BCUT2D eigenvalue weighted by Gasteiger charge is 2.16. The Bertz CT molecular complexity index is 1060. The molecule has 0 atom stereocenters. The zero-order chi connectivity index (χ0) is 21.8. The van der Waals surface area contributed by atoms with Gasteiger partial charge < -0.3 is 5.32 Å². The molecule has 30 heavy (non-hydrogen) atoms. The fourth-order valence-corrected chi connectivity index (χ4v) is 3.42. The maximum Gasteiger partial charge on any atom is 0.248 e. The van der Waals surface area contributed by atoms with Crippen LogP contribution in [0.4, 0.5) is 10.1 Å². The summed E-state index contributed by atoms with van der Waals surface area (Å²) in [6, 6.07) is 12.7. The van der Waals surface area contributed by atoms with Crippen molar-refractivity contribution in [3.8, 4) is 0 Å². The largest absolute Gasteiger partial charge is 0.319 e. The molecule has 0 aliphatic heterocycles. The van der Waals surface area contributed by atoms with Crippen molar-refractivity contribution in [2.24, 2.45) is 0 Å². The topological polar surface area (TPSA) is 46.9 Å². The zero-order valence-corrected chi connectivity index (χ0v) is 18.3. The van der Waals surface area contributed by atoms with E-state index in [-0.39, 0.29) is 18.3 Å². The molecule has 1 amide bonds.